The number of hydrogen-bond acceptors (Lipinski definition) is 6. The van der Waals surface area contributed by atoms with E-state index in [2.05, 4.69) is 5.32 Å². The third-order valence-electron chi connectivity index (χ3n) is 2.27. The molecule has 0 aromatic rings. The zero-order chi connectivity index (χ0) is 11.6. The van der Waals surface area contributed by atoms with E-state index < -0.39 is 43.2 Å². The molecule has 1 amide bonds. The van der Waals surface area contributed by atoms with Crippen LogP contribution in [0.2, 0.25) is 0 Å². The van der Waals surface area contributed by atoms with Crippen molar-refractivity contribution in [3.63, 3.8) is 0 Å². The number of ether oxygens (including phenoxy) is 1. The first-order valence-corrected chi connectivity index (χ1v) is 4.55. The predicted molar refractivity (Wildman–Crippen MR) is 47.6 cm³/mol. The lowest BCUT2D eigenvalue weighted by Crippen LogP contribution is -2.63. The number of aliphatic hydroxyl groups is 4. The molecule has 7 heteroatoms. The number of nitrogens with one attached hydrogen (secondary N) is 1. The molecular weight excluding hydrogens is 207 g/mol. The molecule has 1 heterocycles. The number of rotatable bonds is 2. The number of carbonyl (C=O) groups is 1. The van der Waals surface area contributed by atoms with Crippen molar-refractivity contribution in [2.45, 2.75) is 37.6 Å². The highest BCUT2D eigenvalue weighted by atomic mass is 16.7. The Kier molecular flexibility index (Phi) is 4.00. The molecular formula is C8H15NO6. The molecule has 0 bridgehead atoms. The molecule has 5 N–H and O–H groups in total. The van der Waals surface area contributed by atoms with Crippen molar-refractivity contribution in [2.24, 2.45) is 0 Å². The number of amides is 1. The average molecular weight is 222 g/mol. The first-order chi connectivity index (χ1) is 6.97. The average Bonchev–Trinajstić information content (AvgIpc) is 2.18. The summed E-state index contributed by atoms with van der Waals surface area (Å²) in [4.78, 5) is 10.7. The SMILES string of the molecule is CC(=O)N[C@@H]1[C@@H](O)[C@H](O)[C@@H](CO)O[13CH]1O. The minimum atomic E-state index is -1.45. The summed E-state index contributed by atoms with van der Waals surface area (Å²) in [7, 11) is 0. The van der Waals surface area contributed by atoms with Gasteiger partial charge in [-0.25, -0.2) is 0 Å². The molecule has 1 unspecified atom stereocenters. The normalized spacial score (nSPS) is 41.3. The summed E-state index contributed by atoms with van der Waals surface area (Å²) < 4.78 is 4.81. The van der Waals surface area contributed by atoms with Gasteiger partial charge in [-0.1, -0.05) is 0 Å². The summed E-state index contributed by atoms with van der Waals surface area (Å²) in [5.74, 6) is -0.462. The fourth-order valence-corrected chi connectivity index (χ4v) is 1.49. The lowest BCUT2D eigenvalue weighted by atomic mass is 10.0. The monoisotopic (exact) mass is 222 g/mol. The van der Waals surface area contributed by atoms with Crippen LogP contribution in [0.5, 0.6) is 0 Å². The highest BCUT2D eigenvalue weighted by molar-refractivity contribution is 5.73. The van der Waals surface area contributed by atoms with Gasteiger partial charge >= 0.3 is 0 Å². The Hall–Kier alpha value is -0.730. The van der Waals surface area contributed by atoms with E-state index in [4.69, 9.17) is 9.84 Å². The van der Waals surface area contributed by atoms with Gasteiger partial charge in [0.15, 0.2) is 6.29 Å². The molecule has 0 aromatic carbocycles. The van der Waals surface area contributed by atoms with Crippen molar-refractivity contribution in [1.29, 1.82) is 0 Å². The first-order valence-electron chi connectivity index (χ1n) is 4.55. The Bertz CT molecular complexity index is 235. The van der Waals surface area contributed by atoms with Crippen LogP contribution in [0.3, 0.4) is 0 Å². The number of aliphatic hydroxyl groups excluding tert-OH is 4. The maximum Gasteiger partial charge on any atom is 0.217 e. The van der Waals surface area contributed by atoms with Gasteiger partial charge in [0.1, 0.15) is 24.4 Å². The summed E-state index contributed by atoms with van der Waals surface area (Å²) >= 11 is 0. The van der Waals surface area contributed by atoms with E-state index >= 15 is 0 Å². The fraction of sp³-hybridized carbons (Fsp3) is 0.875. The van der Waals surface area contributed by atoms with Crippen LogP contribution >= 0.6 is 0 Å². The Balaban J connectivity index is 2.70. The van der Waals surface area contributed by atoms with Gasteiger partial charge in [0, 0.05) is 6.92 Å². The van der Waals surface area contributed by atoms with Crippen molar-refractivity contribution in [1.82, 2.24) is 5.32 Å². The third kappa shape index (κ3) is 2.64. The van der Waals surface area contributed by atoms with Crippen molar-refractivity contribution in [3.8, 4) is 0 Å². The van der Waals surface area contributed by atoms with Crippen LogP contribution in [0.25, 0.3) is 0 Å². The van der Waals surface area contributed by atoms with Gasteiger partial charge in [-0.3, -0.25) is 4.79 Å². The van der Waals surface area contributed by atoms with Crippen LogP contribution in [0, 0.1) is 0 Å². The van der Waals surface area contributed by atoms with E-state index in [0.717, 1.165) is 0 Å². The molecule has 1 aliphatic heterocycles. The van der Waals surface area contributed by atoms with E-state index in [1.54, 1.807) is 0 Å². The van der Waals surface area contributed by atoms with Crippen LogP contribution < -0.4 is 5.32 Å². The van der Waals surface area contributed by atoms with Crippen molar-refractivity contribution in [2.75, 3.05) is 6.61 Å². The number of hydrogen-bond donors (Lipinski definition) is 5. The van der Waals surface area contributed by atoms with Gasteiger partial charge in [0.05, 0.1) is 6.61 Å². The molecule has 1 rings (SSSR count). The molecule has 7 nitrogen and oxygen atoms in total. The molecule has 88 valence electrons. The van der Waals surface area contributed by atoms with E-state index in [1.807, 2.05) is 0 Å². The second-order valence-corrected chi connectivity index (χ2v) is 3.46. The molecule has 5 atom stereocenters. The second-order valence-electron chi connectivity index (χ2n) is 3.46. The van der Waals surface area contributed by atoms with Crippen molar-refractivity contribution >= 4 is 5.91 Å². The lowest BCUT2D eigenvalue weighted by Gasteiger charge is -2.40. The van der Waals surface area contributed by atoms with Crippen molar-refractivity contribution in [3.05, 3.63) is 0 Å². The van der Waals surface area contributed by atoms with Crippen LogP contribution in [0.4, 0.5) is 0 Å². The topological polar surface area (TPSA) is 119 Å². The molecule has 0 aromatic heterocycles. The molecule has 1 aliphatic rings. The van der Waals surface area contributed by atoms with Crippen LogP contribution in [0.15, 0.2) is 0 Å². The zero-order valence-corrected chi connectivity index (χ0v) is 8.20. The quantitative estimate of drug-likeness (QED) is 0.316. The lowest BCUT2D eigenvalue weighted by molar-refractivity contribution is -0.253. The Labute approximate surface area is 86.3 Å². The van der Waals surface area contributed by atoms with E-state index in [-0.39, 0.29) is 0 Å². The standard InChI is InChI=1S/C8H15NO6/c1-3(11)9-5-7(13)6(12)4(2-10)15-8(5)14/h4-8,10,12-14H,2H2,1H3,(H,9,11)/t4-,5-,6-,7-,8?/m1/s1/i8+1. The van der Waals surface area contributed by atoms with Gasteiger partial charge in [-0.05, 0) is 0 Å². The van der Waals surface area contributed by atoms with Gasteiger partial charge in [-0.2, -0.15) is 0 Å². The Morgan fingerprint density at radius 2 is 1.93 bits per heavy atom. The fourth-order valence-electron chi connectivity index (χ4n) is 1.49. The molecule has 15 heavy (non-hydrogen) atoms. The smallest absolute Gasteiger partial charge is 0.217 e. The minimum absolute atomic E-state index is 0.462. The molecule has 0 aliphatic carbocycles. The van der Waals surface area contributed by atoms with E-state index in [0.29, 0.717) is 0 Å². The summed E-state index contributed by atoms with van der Waals surface area (Å²) in [6.07, 6.45) is -5.24. The number of carbonyl (C=O) groups excluding carboxylic acids is 1. The molecule has 1 fully saturated rings. The molecule has 0 spiro atoms. The maximum atomic E-state index is 10.7. The minimum Gasteiger partial charge on any atom is -0.394 e. The summed E-state index contributed by atoms with van der Waals surface area (Å²) in [6, 6.07) is -1.10. The predicted octanol–water partition coefficient (Wildman–Crippen LogP) is -3.08. The first kappa shape index (κ1) is 12.3. The molecule has 0 saturated carbocycles. The van der Waals surface area contributed by atoms with Crippen molar-refractivity contribution < 1.29 is 30.0 Å². The highest BCUT2D eigenvalue weighted by Crippen LogP contribution is 2.19. The summed E-state index contributed by atoms with van der Waals surface area (Å²) in [5.41, 5.74) is 0. The Morgan fingerprint density at radius 1 is 1.33 bits per heavy atom. The van der Waals surface area contributed by atoms with Gasteiger partial charge in [0.2, 0.25) is 5.91 Å². The summed E-state index contributed by atoms with van der Waals surface area (Å²) in [5, 5.41) is 39.4. The van der Waals surface area contributed by atoms with E-state index in [1.165, 1.54) is 6.92 Å². The highest BCUT2D eigenvalue weighted by Gasteiger charge is 2.43. The van der Waals surface area contributed by atoms with Gasteiger partial charge in [-0.15, -0.1) is 0 Å². The van der Waals surface area contributed by atoms with E-state index in [9.17, 15) is 20.1 Å². The molecule has 1 saturated heterocycles. The van der Waals surface area contributed by atoms with Crippen LogP contribution in [-0.2, 0) is 9.53 Å². The molecule has 0 radical (unpaired) electrons. The third-order valence-corrected chi connectivity index (χ3v) is 2.27. The van der Waals surface area contributed by atoms with Gasteiger partial charge in [0.25, 0.3) is 0 Å². The van der Waals surface area contributed by atoms with Crippen LogP contribution in [0.1, 0.15) is 6.92 Å². The zero-order valence-electron chi connectivity index (χ0n) is 8.20. The van der Waals surface area contributed by atoms with Gasteiger partial charge < -0.3 is 30.5 Å². The van der Waals surface area contributed by atoms with Crippen LogP contribution in [-0.4, -0.2) is 63.6 Å². The Morgan fingerprint density at radius 3 is 2.40 bits per heavy atom. The summed E-state index contributed by atoms with van der Waals surface area (Å²) in [6.45, 7) is 0.687. The maximum absolute atomic E-state index is 10.7. The second kappa shape index (κ2) is 4.86. The largest absolute Gasteiger partial charge is 0.394 e.